The molecule has 1 heterocycles. The molecule has 0 amide bonds. The van der Waals surface area contributed by atoms with Crippen molar-refractivity contribution in [3.05, 3.63) is 83.7 Å². The Bertz CT molecular complexity index is 819. The van der Waals surface area contributed by atoms with Crippen LogP contribution in [0.2, 0.25) is 5.02 Å². The molecule has 1 atom stereocenters. The second kappa shape index (κ2) is 9.43. The lowest BCUT2D eigenvalue weighted by molar-refractivity contribution is 0.429. The Labute approximate surface area is 169 Å². The van der Waals surface area contributed by atoms with Crippen molar-refractivity contribution in [1.29, 1.82) is 0 Å². The van der Waals surface area contributed by atoms with E-state index in [2.05, 4.69) is 28.6 Å². The predicted octanol–water partition coefficient (Wildman–Crippen LogP) is 6.64. The zero-order valence-corrected chi connectivity index (χ0v) is 17.0. The number of aromatic nitrogens is 2. The molecule has 27 heavy (non-hydrogen) atoms. The molecule has 0 fully saturated rings. The molecule has 2 aromatic carbocycles. The topological polar surface area (TPSA) is 17.8 Å². The first-order valence-corrected chi connectivity index (χ1v) is 10.4. The minimum atomic E-state index is -0.198. The lowest BCUT2D eigenvalue weighted by Gasteiger charge is -2.34. The molecule has 3 aromatic rings. The van der Waals surface area contributed by atoms with E-state index in [1.807, 2.05) is 54.7 Å². The highest BCUT2D eigenvalue weighted by molar-refractivity contribution is 8.00. The number of hydrogen-bond acceptors (Lipinski definition) is 2. The number of imidazole rings is 1. The summed E-state index contributed by atoms with van der Waals surface area (Å²) in [5.74, 6) is -0.198. The van der Waals surface area contributed by atoms with Crippen LogP contribution in [0.25, 0.3) is 0 Å². The molecule has 0 aliphatic rings. The molecule has 1 unspecified atom stereocenters. The maximum absolute atomic E-state index is 13.3. The molecule has 0 bridgehead atoms. The Morgan fingerprint density at radius 2 is 1.81 bits per heavy atom. The van der Waals surface area contributed by atoms with Gasteiger partial charge in [0.25, 0.3) is 0 Å². The molecule has 142 valence electrons. The standard InChI is InChI=1S/C22H24ClFN2S/c1-2-12-22(16-26-15-14-25-17-26,27-21-9-7-20(24)8-10-21)13-11-18-3-5-19(23)6-4-18/h3-10,14-15,17H,2,11-13,16H2,1H3. The van der Waals surface area contributed by atoms with E-state index >= 15 is 0 Å². The van der Waals surface area contributed by atoms with Crippen molar-refractivity contribution in [3.63, 3.8) is 0 Å². The summed E-state index contributed by atoms with van der Waals surface area (Å²) >= 11 is 7.87. The minimum Gasteiger partial charge on any atom is -0.336 e. The van der Waals surface area contributed by atoms with Gasteiger partial charge in [-0.1, -0.05) is 37.1 Å². The highest BCUT2D eigenvalue weighted by Crippen LogP contribution is 2.41. The van der Waals surface area contributed by atoms with Crippen molar-refractivity contribution in [3.8, 4) is 0 Å². The summed E-state index contributed by atoms with van der Waals surface area (Å²) in [7, 11) is 0. The average molecular weight is 403 g/mol. The molecule has 2 nitrogen and oxygen atoms in total. The number of halogens is 2. The zero-order chi connectivity index (χ0) is 19.1. The van der Waals surface area contributed by atoms with Crippen LogP contribution in [0.15, 0.2) is 72.1 Å². The van der Waals surface area contributed by atoms with E-state index in [1.54, 1.807) is 0 Å². The molecule has 0 N–H and O–H groups in total. The van der Waals surface area contributed by atoms with Gasteiger partial charge in [0.15, 0.2) is 0 Å². The van der Waals surface area contributed by atoms with Crippen LogP contribution in [-0.4, -0.2) is 14.3 Å². The van der Waals surface area contributed by atoms with Gasteiger partial charge in [0.2, 0.25) is 0 Å². The number of thioether (sulfide) groups is 1. The van der Waals surface area contributed by atoms with Gasteiger partial charge in [-0.2, -0.15) is 0 Å². The van der Waals surface area contributed by atoms with Gasteiger partial charge in [-0.25, -0.2) is 9.37 Å². The molecule has 0 aliphatic carbocycles. The van der Waals surface area contributed by atoms with E-state index in [4.69, 9.17) is 11.6 Å². The van der Waals surface area contributed by atoms with Gasteiger partial charge >= 0.3 is 0 Å². The fourth-order valence-corrected chi connectivity index (χ4v) is 4.98. The van der Waals surface area contributed by atoms with Crippen molar-refractivity contribution < 1.29 is 4.39 Å². The van der Waals surface area contributed by atoms with Gasteiger partial charge in [0, 0.05) is 33.6 Å². The Balaban J connectivity index is 1.84. The molecular weight excluding hydrogens is 379 g/mol. The summed E-state index contributed by atoms with van der Waals surface area (Å²) in [5.41, 5.74) is 1.28. The van der Waals surface area contributed by atoms with Crippen LogP contribution < -0.4 is 0 Å². The average Bonchev–Trinajstić information content (AvgIpc) is 3.16. The molecule has 0 saturated carbocycles. The largest absolute Gasteiger partial charge is 0.336 e. The predicted molar refractivity (Wildman–Crippen MR) is 112 cm³/mol. The Morgan fingerprint density at radius 3 is 2.44 bits per heavy atom. The molecule has 0 saturated heterocycles. The fraction of sp³-hybridized carbons (Fsp3) is 0.318. The summed E-state index contributed by atoms with van der Waals surface area (Å²) < 4.78 is 15.5. The van der Waals surface area contributed by atoms with Crippen molar-refractivity contribution in [2.75, 3.05) is 0 Å². The Kier molecular flexibility index (Phi) is 6.97. The summed E-state index contributed by atoms with van der Waals surface area (Å²) in [6, 6.07) is 14.9. The first-order chi connectivity index (χ1) is 13.1. The summed E-state index contributed by atoms with van der Waals surface area (Å²) in [6.07, 6.45) is 9.85. The van der Waals surface area contributed by atoms with Crippen LogP contribution in [0.4, 0.5) is 4.39 Å². The van der Waals surface area contributed by atoms with Crippen molar-refractivity contribution in [2.45, 2.75) is 48.8 Å². The fourth-order valence-electron chi connectivity index (χ4n) is 3.36. The molecule has 5 heteroatoms. The van der Waals surface area contributed by atoms with Gasteiger partial charge in [0.1, 0.15) is 5.82 Å². The zero-order valence-electron chi connectivity index (χ0n) is 15.4. The van der Waals surface area contributed by atoms with Crippen LogP contribution in [0.1, 0.15) is 31.7 Å². The van der Waals surface area contributed by atoms with Crippen molar-refractivity contribution >= 4 is 23.4 Å². The van der Waals surface area contributed by atoms with Crippen molar-refractivity contribution in [2.24, 2.45) is 0 Å². The highest BCUT2D eigenvalue weighted by Gasteiger charge is 2.31. The molecule has 1 aromatic heterocycles. The smallest absolute Gasteiger partial charge is 0.123 e. The van der Waals surface area contributed by atoms with Crippen LogP contribution in [0.3, 0.4) is 0 Å². The monoisotopic (exact) mass is 402 g/mol. The van der Waals surface area contributed by atoms with Crippen LogP contribution >= 0.6 is 23.4 Å². The van der Waals surface area contributed by atoms with Gasteiger partial charge in [-0.3, -0.25) is 0 Å². The lowest BCUT2D eigenvalue weighted by atomic mass is 9.94. The normalized spacial score (nSPS) is 13.4. The maximum atomic E-state index is 13.3. The summed E-state index contributed by atoms with van der Waals surface area (Å²) in [5, 5.41) is 0.762. The summed E-state index contributed by atoms with van der Waals surface area (Å²) in [6.45, 7) is 3.09. The first kappa shape index (κ1) is 20.0. The second-order valence-corrected chi connectivity index (χ2v) is 8.83. The molecular formula is C22H24ClFN2S. The molecule has 0 spiro atoms. The number of rotatable bonds is 9. The third-order valence-electron chi connectivity index (χ3n) is 4.67. The SMILES string of the molecule is CCCC(CCc1ccc(Cl)cc1)(Cn1ccnc1)Sc1ccc(F)cc1. The van der Waals surface area contributed by atoms with Crippen LogP contribution in [-0.2, 0) is 13.0 Å². The van der Waals surface area contributed by atoms with E-state index in [1.165, 1.54) is 17.7 Å². The van der Waals surface area contributed by atoms with Gasteiger partial charge in [0.05, 0.1) is 6.33 Å². The number of nitrogens with zero attached hydrogens (tertiary/aromatic N) is 2. The quantitative estimate of drug-likeness (QED) is 0.373. The maximum Gasteiger partial charge on any atom is 0.123 e. The second-order valence-electron chi connectivity index (χ2n) is 6.85. The van der Waals surface area contributed by atoms with E-state index in [9.17, 15) is 4.39 Å². The summed E-state index contributed by atoms with van der Waals surface area (Å²) in [4.78, 5) is 5.30. The van der Waals surface area contributed by atoms with E-state index in [0.29, 0.717) is 0 Å². The third kappa shape index (κ3) is 5.85. The molecule has 0 aliphatic heterocycles. The Morgan fingerprint density at radius 1 is 1.07 bits per heavy atom. The van der Waals surface area contributed by atoms with E-state index < -0.39 is 0 Å². The van der Waals surface area contributed by atoms with E-state index in [-0.39, 0.29) is 10.6 Å². The lowest BCUT2D eigenvalue weighted by Crippen LogP contribution is -2.31. The molecule has 3 rings (SSSR count). The number of aryl methyl sites for hydroxylation is 1. The van der Waals surface area contributed by atoms with Crippen LogP contribution in [0.5, 0.6) is 0 Å². The van der Waals surface area contributed by atoms with Gasteiger partial charge in [-0.15, -0.1) is 11.8 Å². The highest BCUT2D eigenvalue weighted by atomic mass is 35.5. The van der Waals surface area contributed by atoms with Gasteiger partial charge < -0.3 is 4.57 Å². The first-order valence-electron chi connectivity index (χ1n) is 9.23. The van der Waals surface area contributed by atoms with Crippen LogP contribution in [0, 0.1) is 5.82 Å². The number of benzene rings is 2. The van der Waals surface area contributed by atoms with E-state index in [0.717, 1.165) is 42.1 Å². The number of hydrogen-bond donors (Lipinski definition) is 0. The molecule has 0 radical (unpaired) electrons. The van der Waals surface area contributed by atoms with Gasteiger partial charge in [-0.05, 0) is 61.2 Å². The van der Waals surface area contributed by atoms with Crippen molar-refractivity contribution in [1.82, 2.24) is 9.55 Å². The minimum absolute atomic E-state index is 0.00686. The third-order valence-corrected chi connectivity index (χ3v) is 6.40. The Hall–Kier alpha value is -1.78.